The number of carbonyl (C=O) groups excluding carboxylic acids is 1. The third-order valence-corrected chi connectivity index (χ3v) is 3.43. The van der Waals surface area contributed by atoms with Gasteiger partial charge in [0.25, 0.3) is 0 Å². The van der Waals surface area contributed by atoms with Crippen LogP contribution in [0.3, 0.4) is 0 Å². The number of hydrogen-bond acceptors (Lipinski definition) is 4. The average molecular weight is 297 g/mol. The van der Waals surface area contributed by atoms with Crippen molar-refractivity contribution in [2.45, 2.75) is 6.04 Å². The maximum atomic E-state index is 13.4. The van der Waals surface area contributed by atoms with Gasteiger partial charge in [-0.15, -0.1) is 0 Å². The Kier molecular flexibility index (Phi) is 4.51. The van der Waals surface area contributed by atoms with Crippen molar-refractivity contribution in [1.29, 1.82) is 0 Å². The number of benzene rings is 1. The van der Waals surface area contributed by atoms with Gasteiger partial charge in [-0.3, -0.25) is 4.79 Å². The first kappa shape index (κ1) is 14.7. The zero-order valence-electron chi connectivity index (χ0n) is 11.1. The van der Waals surface area contributed by atoms with E-state index in [-0.39, 0.29) is 17.5 Å². The number of morpholine rings is 1. The molecule has 1 atom stereocenters. The van der Waals surface area contributed by atoms with Gasteiger partial charge in [-0.05, 0) is 18.2 Å². The third-order valence-electron chi connectivity index (χ3n) is 3.21. The van der Waals surface area contributed by atoms with Gasteiger partial charge in [0.05, 0.1) is 13.2 Å². The predicted octanol–water partition coefficient (Wildman–Crippen LogP) is 0.411. The monoisotopic (exact) mass is 297 g/mol. The van der Waals surface area contributed by atoms with Crippen LogP contribution in [0.4, 0.5) is 10.1 Å². The summed E-state index contributed by atoms with van der Waals surface area (Å²) in [5.41, 5.74) is 6.73. The van der Waals surface area contributed by atoms with Crippen LogP contribution in [-0.2, 0) is 9.53 Å². The summed E-state index contributed by atoms with van der Waals surface area (Å²) in [5, 5.41) is 2.60. The van der Waals surface area contributed by atoms with E-state index < -0.39 is 11.9 Å². The number of nitrogens with two attached hydrogens (primary N) is 1. The molecule has 20 heavy (non-hydrogen) atoms. The van der Waals surface area contributed by atoms with Crippen molar-refractivity contribution >= 4 is 28.8 Å². The summed E-state index contributed by atoms with van der Waals surface area (Å²) < 4.78 is 18.7. The first-order valence-electron chi connectivity index (χ1n) is 6.20. The Morgan fingerprint density at radius 1 is 1.60 bits per heavy atom. The van der Waals surface area contributed by atoms with Gasteiger partial charge < -0.3 is 20.7 Å². The SMILES string of the molecule is CNC(=O)C1COCCN1c1ccc(F)cc1C(N)=S. The van der Waals surface area contributed by atoms with Crippen LogP contribution in [0.15, 0.2) is 18.2 Å². The number of halogens is 1. The summed E-state index contributed by atoms with van der Waals surface area (Å²) in [7, 11) is 1.56. The minimum Gasteiger partial charge on any atom is -0.389 e. The van der Waals surface area contributed by atoms with Crippen molar-refractivity contribution in [3.63, 3.8) is 0 Å². The van der Waals surface area contributed by atoms with E-state index in [0.29, 0.717) is 24.4 Å². The molecule has 0 aromatic heterocycles. The first-order valence-corrected chi connectivity index (χ1v) is 6.60. The van der Waals surface area contributed by atoms with E-state index in [1.54, 1.807) is 13.1 Å². The number of ether oxygens (including phenoxy) is 1. The molecule has 1 aromatic carbocycles. The van der Waals surface area contributed by atoms with E-state index in [0.717, 1.165) is 0 Å². The fraction of sp³-hybridized carbons (Fsp3) is 0.385. The number of anilines is 1. The molecule has 5 nitrogen and oxygen atoms in total. The van der Waals surface area contributed by atoms with Gasteiger partial charge in [0.15, 0.2) is 0 Å². The smallest absolute Gasteiger partial charge is 0.244 e. The molecule has 0 aliphatic carbocycles. The van der Waals surface area contributed by atoms with E-state index in [1.807, 2.05) is 4.90 Å². The number of nitrogens with zero attached hydrogens (tertiary/aromatic N) is 1. The Bertz CT molecular complexity index is 538. The highest BCUT2D eigenvalue weighted by atomic mass is 32.1. The molecule has 1 unspecified atom stereocenters. The summed E-state index contributed by atoms with van der Waals surface area (Å²) in [5.74, 6) is -0.579. The maximum Gasteiger partial charge on any atom is 0.244 e. The number of carbonyl (C=O) groups is 1. The van der Waals surface area contributed by atoms with Crippen molar-refractivity contribution < 1.29 is 13.9 Å². The lowest BCUT2D eigenvalue weighted by Crippen LogP contribution is -2.53. The highest BCUT2D eigenvalue weighted by molar-refractivity contribution is 7.80. The van der Waals surface area contributed by atoms with Gasteiger partial charge in [-0.25, -0.2) is 4.39 Å². The van der Waals surface area contributed by atoms with Crippen LogP contribution in [0.25, 0.3) is 0 Å². The lowest BCUT2D eigenvalue weighted by Gasteiger charge is -2.37. The first-order chi connectivity index (χ1) is 9.54. The molecule has 0 radical (unpaired) electrons. The fourth-order valence-electron chi connectivity index (χ4n) is 2.23. The van der Waals surface area contributed by atoms with Gasteiger partial charge in [-0.1, -0.05) is 12.2 Å². The Hall–Kier alpha value is -1.73. The van der Waals surface area contributed by atoms with Crippen molar-refractivity contribution in [1.82, 2.24) is 5.32 Å². The van der Waals surface area contributed by atoms with Crippen LogP contribution < -0.4 is 16.0 Å². The van der Waals surface area contributed by atoms with E-state index in [4.69, 9.17) is 22.7 Å². The van der Waals surface area contributed by atoms with E-state index in [9.17, 15) is 9.18 Å². The topological polar surface area (TPSA) is 67.6 Å². The Balaban J connectivity index is 2.42. The highest BCUT2D eigenvalue weighted by Gasteiger charge is 2.30. The second-order valence-corrected chi connectivity index (χ2v) is 4.86. The molecule has 1 aliphatic rings. The molecule has 0 saturated carbocycles. The van der Waals surface area contributed by atoms with E-state index >= 15 is 0 Å². The van der Waals surface area contributed by atoms with Crippen LogP contribution >= 0.6 is 12.2 Å². The molecular weight excluding hydrogens is 281 g/mol. The summed E-state index contributed by atoms with van der Waals surface area (Å²) in [6.45, 7) is 1.27. The molecule has 1 aliphatic heterocycles. The van der Waals surface area contributed by atoms with Crippen LogP contribution in [0.1, 0.15) is 5.56 Å². The number of rotatable bonds is 3. The Morgan fingerprint density at radius 2 is 2.35 bits per heavy atom. The lowest BCUT2D eigenvalue weighted by molar-refractivity contribution is -0.124. The summed E-state index contributed by atoms with van der Waals surface area (Å²) in [6, 6.07) is 3.72. The van der Waals surface area contributed by atoms with Gasteiger partial charge in [0, 0.05) is 24.8 Å². The molecule has 1 heterocycles. The quantitative estimate of drug-likeness (QED) is 0.791. The largest absolute Gasteiger partial charge is 0.389 e. The molecule has 2 rings (SSSR count). The van der Waals surface area contributed by atoms with Gasteiger partial charge in [0.1, 0.15) is 16.8 Å². The van der Waals surface area contributed by atoms with Gasteiger partial charge in [-0.2, -0.15) is 0 Å². The Labute approximate surface area is 121 Å². The van der Waals surface area contributed by atoms with Crippen LogP contribution in [-0.4, -0.2) is 43.7 Å². The summed E-state index contributed by atoms with van der Waals surface area (Å²) >= 11 is 4.96. The third kappa shape index (κ3) is 2.88. The standard InChI is InChI=1S/C13H16FN3O2S/c1-16-13(18)11-7-19-5-4-17(11)10-3-2-8(14)6-9(10)12(15)20/h2-3,6,11H,4-5,7H2,1H3,(H2,15,20)(H,16,18). The molecule has 0 spiro atoms. The van der Waals surface area contributed by atoms with Crippen molar-refractivity contribution in [2.75, 3.05) is 31.7 Å². The average Bonchev–Trinajstić information content (AvgIpc) is 2.46. The predicted molar refractivity (Wildman–Crippen MR) is 78.3 cm³/mol. The minimum atomic E-state index is -0.479. The molecule has 7 heteroatoms. The number of likely N-dealkylation sites (N-methyl/N-ethyl adjacent to an activating group) is 1. The highest BCUT2D eigenvalue weighted by Crippen LogP contribution is 2.25. The number of thiocarbonyl (C=S) groups is 1. The van der Waals surface area contributed by atoms with E-state index in [1.165, 1.54) is 12.1 Å². The van der Waals surface area contributed by atoms with Crippen LogP contribution in [0.2, 0.25) is 0 Å². The Morgan fingerprint density at radius 3 is 3.00 bits per heavy atom. The van der Waals surface area contributed by atoms with E-state index in [2.05, 4.69) is 5.32 Å². The molecule has 108 valence electrons. The molecule has 3 N–H and O–H groups in total. The van der Waals surface area contributed by atoms with Crippen molar-refractivity contribution in [2.24, 2.45) is 5.73 Å². The second kappa shape index (κ2) is 6.15. The van der Waals surface area contributed by atoms with Crippen LogP contribution in [0.5, 0.6) is 0 Å². The zero-order valence-corrected chi connectivity index (χ0v) is 11.9. The summed E-state index contributed by atoms with van der Waals surface area (Å²) in [4.78, 5) is 13.9. The molecule has 0 bridgehead atoms. The fourth-order valence-corrected chi connectivity index (χ4v) is 2.40. The van der Waals surface area contributed by atoms with Gasteiger partial charge in [0.2, 0.25) is 5.91 Å². The number of hydrogen-bond donors (Lipinski definition) is 2. The number of nitrogens with one attached hydrogen (secondary N) is 1. The molecule has 1 fully saturated rings. The number of amides is 1. The molecular formula is C13H16FN3O2S. The van der Waals surface area contributed by atoms with Crippen molar-refractivity contribution in [3.05, 3.63) is 29.6 Å². The lowest BCUT2D eigenvalue weighted by atomic mass is 10.1. The minimum absolute atomic E-state index is 0.0987. The summed E-state index contributed by atoms with van der Waals surface area (Å²) in [6.07, 6.45) is 0. The second-order valence-electron chi connectivity index (χ2n) is 4.42. The molecule has 1 amide bonds. The normalized spacial score (nSPS) is 18.7. The van der Waals surface area contributed by atoms with Crippen molar-refractivity contribution in [3.8, 4) is 0 Å². The zero-order chi connectivity index (χ0) is 14.7. The molecule has 1 aromatic rings. The van der Waals surface area contributed by atoms with Gasteiger partial charge >= 0.3 is 0 Å². The molecule has 1 saturated heterocycles. The maximum absolute atomic E-state index is 13.4. The van der Waals surface area contributed by atoms with Crippen LogP contribution in [0, 0.1) is 5.82 Å².